The van der Waals surface area contributed by atoms with E-state index in [0.29, 0.717) is 11.8 Å². The summed E-state index contributed by atoms with van der Waals surface area (Å²) in [5.41, 5.74) is 1.83. The van der Waals surface area contributed by atoms with E-state index in [1.807, 2.05) is 0 Å². The first-order valence-corrected chi connectivity index (χ1v) is 15.5. The van der Waals surface area contributed by atoms with Crippen LogP contribution >= 0.6 is 0 Å². The lowest BCUT2D eigenvalue weighted by molar-refractivity contribution is -0.212. The maximum absolute atomic E-state index is 13.2. The molecule has 4 saturated carbocycles. The zero-order valence-corrected chi connectivity index (χ0v) is 23.6. The van der Waals surface area contributed by atoms with E-state index < -0.39 is 0 Å². The molecule has 0 atom stereocenters. The molecule has 3 nitrogen and oxygen atoms in total. The summed E-state index contributed by atoms with van der Waals surface area (Å²) in [5.74, 6) is 3.36. The number of benzene rings is 3. The molecule has 0 N–H and O–H groups in total. The van der Waals surface area contributed by atoms with Crippen molar-refractivity contribution in [3.05, 3.63) is 83.9 Å². The number of aryl methyl sites for hydroxylation is 2. The van der Waals surface area contributed by atoms with E-state index in [4.69, 9.17) is 9.47 Å². The Bertz CT molecular complexity index is 1200. The molecule has 198 valence electrons. The molecule has 0 radical (unpaired) electrons. The number of hydrogen-bond donors (Lipinski definition) is 0. The highest BCUT2D eigenvalue weighted by Crippen LogP contribution is 2.60. The summed E-state index contributed by atoms with van der Waals surface area (Å²) >= 11 is 0. The van der Waals surface area contributed by atoms with Crippen LogP contribution in [0.25, 0.3) is 0 Å². The van der Waals surface area contributed by atoms with Gasteiger partial charge in [-0.05, 0) is 111 Å². The van der Waals surface area contributed by atoms with Crippen LogP contribution in [0.15, 0.2) is 87.5 Å². The van der Waals surface area contributed by atoms with Gasteiger partial charge in [-0.3, -0.25) is 0 Å². The van der Waals surface area contributed by atoms with Crippen LogP contribution in [-0.4, -0.2) is 18.2 Å². The first-order valence-electron chi connectivity index (χ1n) is 14.3. The Labute approximate surface area is 230 Å². The summed E-state index contributed by atoms with van der Waals surface area (Å²) < 4.78 is 12.6. The number of carbonyl (C=O) groups is 1. The van der Waals surface area contributed by atoms with Crippen LogP contribution in [0.4, 0.5) is 0 Å². The Morgan fingerprint density at radius 2 is 1.29 bits per heavy atom. The van der Waals surface area contributed by atoms with E-state index in [1.54, 1.807) is 0 Å². The minimum Gasteiger partial charge on any atom is -0.481 e. The fraction of sp³-hybridized carbons (Fsp3) is 0.441. The zero-order chi connectivity index (χ0) is 26.3. The minimum absolute atomic E-state index is 0.0296. The number of carbonyl (C=O) groups excluding carboxylic acids is 1. The summed E-state index contributed by atoms with van der Waals surface area (Å²) in [6.07, 6.45) is 7.26. The summed E-state index contributed by atoms with van der Waals surface area (Å²) in [7, 11) is -0.217. The second-order valence-corrected chi connectivity index (χ2v) is 13.7. The van der Waals surface area contributed by atoms with Gasteiger partial charge in [0.1, 0.15) is 11.4 Å². The third-order valence-corrected chi connectivity index (χ3v) is 11.5. The average molecular weight is 528 g/mol. The van der Waals surface area contributed by atoms with Crippen LogP contribution in [0.5, 0.6) is 5.75 Å². The molecule has 3 aromatic rings. The smallest absolute Gasteiger partial charge is 0.344 e. The normalized spacial score (nSPS) is 27.5. The molecule has 0 aliphatic heterocycles. The fourth-order valence-corrected chi connectivity index (χ4v) is 10.2. The molecule has 0 unspecified atom stereocenters. The van der Waals surface area contributed by atoms with Crippen molar-refractivity contribution in [2.45, 2.75) is 79.6 Å². The van der Waals surface area contributed by atoms with Crippen molar-refractivity contribution in [2.24, 2.45) is 23.7 Å². The SMILES string of the molecule is CCC1(OC(=O)COc2c(C)cc([S+](c3ccccc3)c3ccccc3)cc2C)C2CC3CC(C2)CC1C3. The average Bonchev–Trinajstić information content (AvgIpc) is 2.91. The van der Waals surface area contributed by atoms with Crippen LogP contribution in [0.3, 0.4) is 0 Å². The molecule has 3 aromatic carbocycles. The molecular weight excluding hydrogens is 488 g/mol. The van der Waals surface area contributed by atoms with E-state index in [0.717, 1.165) is 35.1 Å². The van der Waals surface area contributed by atoms with Crippen molar-refractivity contribution >= 4 is 16.9 Å². The lowest BCUT2D eigenvalue weighted by Gasteiger charge is -2.60. The van der Waals surface area contributed by atoms with Crippen LogP contribution in [0.1, 0.15) is 56.6 Å². The predicted molar refractivity (Wildman–Crippen MR) is 153 cm³/mol. The second-order valence-electron chi connectivity index (χ2n) is 11.7. The number of rotatable bonds is 8. The van der Waals surface area contributed by atoms with Gasteiger partial charge >= 0.3 is 5.97 Å². The van der Waals surface area contributed by atoms with Gasteiger partial charge < -0.3 is 9.47 Å². The monoisotopic (exact) mass is 527 g/mol. The Hall–Kier alpha value is -2.72. The van der Waals surface area contributed by atoms with Crippen molar-refractivity contribution in [1.82, 2.24) is 0 Å². The molecular formula is C34H39O3S+. The van der Waals surface area contributed by atoms with Crippen molar-refractivity contribution in [3.63, 3.8) is 0 Å². The third kappa shape index (κ3) is 4.66. The van der Waals surface area contributed by atoms with Gasteiger partial charge in [0.15, 0.2) is 21.3 Å². The molecule has 0 saturated heterocycles. The highest BCUT2D eigenvalue weighted by atomic mass is 32.2. The van der Waals surface area contributed by atoms with E-state index in [-0.39, 0.29) is 29.1 Å². The van der Waals surface area contributed by atoms with Gasteiger partial charge in [0.2, 0.25) is 0 Å². The van der Waals surface area contributed by atoms with Gasteiger partial charge in [-0.1, -0.05) is 43.3 Å². The largest absolute Gasteiger partial charge is 0.481 e. The fourth-order valence-electron chi connectivity index (χ4n) is 7.95. The first-order chi connectivity index (χ1) is 18.5. The molecule has 7 rings (SSSR count). The van der Waals surface area contributed by atoms with Crippen molar-refractivity contribution in [2.75, 3.05) is 6.61 Å². The Morgan fingerprint density at radius 1 is 0.789 bits per heavy atom. The van der Waals surface area contributed by atoms with Gasteiger partial charge in [0.05, 0.1) is 10.9 Å². The van der Waals surface area contributed by atoms with Gasteiger partial charge in [0, 0.05) is 12.1 Å². The number of hydrogen-bond acceptors (Lipinski definition) is 3. The highest BCUT2D eigenvalue weighted by Gasteiger charge is 2.58. The Balaban J connectivity index is 1.20. The molecule has 38 heavy (non-hydrogen) atoms. The van der Waals surface area contributed by atoms with Gasteiger partial charge in [-0.2, -0.15) is 0 Å². The maximum Gasteiger partial charge on any atom is 0.344 e. The molecule has 4 fully saturated rings. The zero-order valence-electron chi connectivity index (χ0n) is 22.8. The van der Waals surface area contributed by atoms with E-state index in [1.165, 1.54) is 46.8 Å². The quantitative estimate of drug-likeness (QED) is 0.220. The van der Waals surface area contributed by atoms with Gasteiger partial charge in [-0.15, -0.1) is 0 Å². The Kier molecular flexibility index (Phi) is 7.03. The molecule has 4 aliphatic carbocycles. The van der Waals surface area contributed by atoms with Crippen LogP contribution in [0.2, 0.25) is 0 Å². The molecule has 0 aromatic heterocycles. The summed E-state index contributed by atoms with van der Waals surface area (Å²) in [6.45, 7) is 6.35. The van der Waals surface area contributed by atoms with Crippen molar-refractivity contribution < 1.29 is 14.3 Å². The van der Waals surface area contributed by atoms with Gasteiger partial charge in [-0.25, -0.2) is 4.79 Å². The van der Waals surface area contributed by atoms with Crippen LogP contribution in [0, 0.1) is 37.5 Å². The second kappa shape index (κ2) is 10.4. The predicted octanol–water partition coefficient (Wildman–Crippen LogP) is 7.93. The minimum atomic E-state index is -0.276. The lowest BCUT2D eigenvalue weighted by Crippen LogP contribution is -2.59. The number of ether oxygens (including phenoxy) is 2. The van der Waals surface area contributed by atoms with E-state index >= 15 is 0 Å². The topological polar surface area (TPSA) is 35.5 Å². The van der Waals surface area contributed by atoms with Gasteiger partial charge in [0.25, 0.3) is 0 Å². The standard InChI is InChI=1S/C34H39O3S/c1-4-34(27-18-25-17-26(20-27)21-28(34)19-25)37-32(35)22-36-33-23(2)15-31(16-24(33)3)38(29-11-7-5-8-12-29)30-13-9-6-10-14-30/h5-16,25-28H,4,17-22H2,1-3H3/q+1. The van der Waals surface area contributed by atoms with Crippen LogP contribution in [-0.2, 0) is 20.4 Å². The molecule has 4 heteroatoms. The van der Waals surface area contributed by atoms with Crippen molar-refractivity contribution in [3.8, 4) is 5.75 Å². The molecule has 0 spiro atoms. The van der Waals surface area contributed by atoms with Crippen molar-refractivity contribution in [1.29, 1.82) is 0 Å². The molecule has 4 aliphatic rings. The first kappa shape index (κ1) is 25.6. The number of esters is 1. The maximum atomic E-state index is 13.2. The summed E-state index contributed by atoms with van der Waals surface area (Å²) in [4.78, 5) is 17.0. The molecule has 0 heterocycles. The molecule has 0 amide bonds. The summed E-state index contributed by atoms with van der Waals surface area (Å²) in [5, 5.41) is 0. The summed E-state index contributed by atoms with van der Waals surface area (Å²) in [6, 6.07) is 25.8. The molecule has 4 bridgehead atoms. The third-order valence-electron chi connectivity index (χ3n) is 9.34. The Morgan fingerprint density at radius 3 is 1.76 bits per heavy atom. The highest BCUT2D eigenvalue weighted by molar-refractivity contribution is 7.97. The lowest BCUT2D eigenvalue weighted by atomic mass is 9.49. The van der Waals surface area contributed by atoms with E-state index in [9.17, 15) is 4.79 Å². The van der Waals surface area contributed by atoms with Crippen LogP contribution < -0.4 is 4.74 Å². The van der Waals surface area contributed by atoms with E-state index in [2.05, 4.69) is 93.6 Å².